The third kappa shape index (κ3) is 2.31. The van der Waals surface area contributed by atoms with Crippen LogP contribution >= 0.6 is 22.7 Å². The van der Waals surface area contributed by atoms with Crippen molar-refractivity contribution in [3.8, 4) is 0 Å². The highest BCUT2D eigenvalue weighted by molar-refractivity contribution is 7.29. The molecule has 118 valence electrons. The van der Waals surface area contributed by atoms with Crippen molar-refractivity contribution in [3.63, 3.8) is 0 Å². The molecule has 2 saturated heterocycles. The van der Waals surface area contributed by atoms with Crippen molar-refractivity contribution >= 4 is 43.2 Å². The van der Waals surface area contributed by atoms with E-state index >= 15 is 0 Å². The zero-order valence-electron chi connectivity index (χ0n) is 12.8. The lowest BCUT2D eigenvalue weighted by molar-refractivity contribution is 0.0685. The van der Waals surface area contributed by atoms with Gasteiger partial charge in [-0.05, 0) is 31.9 Å². The Kier molecular flexibility index (Phi) is 3.58. The summed E-state index contributed by atoms with van der Waals surface area (Å²) in [6, 6.07) is 2.81. The first-order valence-corrected chi connectivity index (χ1v) is 9.38. The molecule has 0 radical (unpaired) electrons. The smallest absolute Gasteiger partial charge is 0.264 e. The minimum absolute atomic E-state index is 0.206. The van der Waals surface area contributed by atoms with Gasteiger partial charge in [-0.1, -0.05) is 11.3 Å². The van der Waals surface area contributed by atoms with Gasteiger partial charge in [0.15, 0.2) is 5.13 Å². The molecule has 2 aliphatic rings. The van der Waals surface area contributed by atoms with Crippen LogP contribution in [0.5, 0.6) is 0 Å². The third-order valence-electron chi connectivity index (χ3n) is 4.56. The molecule has 22 heavy (non-hydrogen) atoms. The number of thiophene rings is 1. The molecule has 2 aromatic rings. The van der Waals surface area contributed by atoms with E-state index in [0.29, 0.717) is 12.1 Å². The number of aromatic nitrogens is 1. The van der Waals surface area contributed by atoms with E-state index in [-0.39, 0.29) is 5.91 Å². The number of hydrogen-bond acceptors (Lipinski definition) is 6. The average Bonchev–Trinajstić information content (AvgIpc) is 3.08. The highest BCUT2D eigenvalue weighted by Gasteiger charge is 2.38. The van der Waals surface area contributed by atoms with Gasteiger partial charge in [0.25, 0.3) is 5.91 Å². The first-order chi connectivity index (χ1) is 10.6. The van der Waals surface area contributed by atoms with Crippen LogP contribution in [0.2, 0.25) is 0 Å². The quantitative estimate of drug-likeness (QED) is 0.915. The summed E-state index contributed by atoms with van der Waals surface area (Å²) >= 11 is 3.19. The molecule has 4 heterocycles. The molecule has 0 saturated carbocycles. The summed E-state index contributed by atoms with van der Waals surface area (Å²) in [5, 5.41) is 4.45. The molecule has 0 aromatic carbocycles. The normalized spacial score (nSPS) is 24.7. The summed E-state index contributed by atoms with van der Waals surface area (Å²) < 4.78 is 1.12. The van der Waals surface area contributed by atoms with Crippen molar-refractivity contribution < 1.29 is 4.79 Å². The molecular weight excluding hydrogens is 316 g/mol. The van der Waals surface area contributed by atoms with Gasteiger partial charge in [-0.2, -0.15) is 0 Å². The van der Waals surface area contributed by atoms with E-state index in [2.05, 4.69) is 15.2 Å². The molecule has 1 N–H and O–H groups in total. The van der Waals surface area contributed by atoms with Crippen molar-refractivity contribution in [3.05, 3.63) is 10.9 Å². The first kappa shape index (κ1) is 14.4. The van der Waals surface area contributed by atoms with Gasteiger partial charge < -0.3 is 15.1 Å². The van der Waals surface area contributed by atoms with Crippen LogP contribution in [0.1, 0.15) is 28.9 Å². The minimum atomic E-state index is 0.206. The number of carbonyl (C=O) groups excluding carboxylic acids is 1. The summed E-state index contributed by atoms with van der Waals surface area (Å²) in [5.41, 5.74) is 0. The zero-order chi connectivity index (χ0) is 15.3. The number of fused-ring (bicyclic) bond motifs is 3. The summed E-state index contributed by atoms with van der Waals surface area (Å²) in [6.45, 7) is 1.96. The van der Waals surface area contributed by atoms with Gasteiger partial charge in [-0.25, -0.2) is 4.98 Å². The van der Waals surface area contributed by atoms with Crippen LogP contribution in [0.3, 0.4) is 0 Å². The Labute approximate surface area is 137 Å². The maximum atomic E-state index is 13.0. The Balaban J connectivity index is 1.63. The van der Waals surface area contributed by atoms with Gasteiger partial charge in [-0.15, -0.1) is 11.3 Å². The van der Waals surface area contributed by atoms with E-state index in [1.54, 1.807) is 11.3 Å². The standard InChI is InChI=1S/C15H20N4OS2/c1-18(2)15-17-13-11(22-15)7-12(21-13)14(20)19-9-3-4-10(19)8-16-6-5-9/h7,9-10,16H,3-6,8H2,1-2H3. The second kappa shape index (κ2) is 5.47. The van der Waals surface area contributed by atoms with Crippen molar-refractivity contribution in [1.82, 2.24) is 15.2 Å². The predicted molar refractivity (Wildman–Crippen MR) is 92.3 cm³/mol. The Hall–Kier alpha value is -1.18. The molecule has 2 aliphatic heterocycles. The number of nitrogens with zero attached hydrogens (tertiary/aromatic N) is 3. The number of amides is 1. The maximum Gasteiger partial charge on any atom is 0.264 e. The van der Waals surface area contributed by atoms with E-state index in [1.807, 2.05) is 25.1 Å². The van der Waals surface area contributed by atoms with E-state index in [9.17, 15) is 4.79 Å². The van der Waals surface area contributed by atoms with Crippen LogP contribution in [0, 0.1) is 0 Å². The second-order valence-electron chi connectivity index (χ2n) is 6.26. The van der Waals surface area contributed by atoms with Crippen LogP contribution in [-0.4, -0.2) is 55.1 Å². The second-order valence-corrected chi connectivity index (χ2v) is 8.30. The third-order valence-corrected chi connectivity index (χ3v) is 6.88. The Morgan fingerprint density at radius 3 is 2.91 bits per heavy atom. The largest absolute Gasteiger partial charge is 0.354 e. The Bertz CT molecular complexity index is 662. The van der Waals surface area contributed by atoms with Crippen LogP contribution in [0.4, 0.5) is 5.13 Å². The van der Waals surface area contributed by atoms with Gasteiger partial charge in [0.05, 0.1) is 9.58 Å². The van der Waals surface area contributed by atoms with E-state index in [4.69, 9.17) is 0 Å². The number of hydrogen-bond donors (Lipinski definition) is 1. The molecule has 2 bridgehead atoms. The summed E-state index contributed by atoms with van der Waals surface area (Å²) in [6.07, 6.45) is 3.36. The monoisotopic (exact) mass is 336 g/mol. The first-order valence-electron chi connectivity index (χ1n) is 7.74. The minimum Gasteiger partial charge on any atom is -0.354 e. The molecule has 5 nitrogen and oxygen atoms in total. The molecule has 2 unspecified atom stereocenters. The fourth-order valence-corrected chi connectivity index (χ4v) is 5.54. The highest BCUT2D eigenvalue weighted by atomic mass is 32.1. The van der Waals surface area contributed by atoms with Crippen molar-refractivity contribution in [2.75, 3.05) is 32.1 Å². The average molecular weight is 336 g/mol. The maximum absolute atomic E-state index is 13.0. The van der Waals surface area contributed by atoms with Crippen LogP contribution in [0.25, 0.3) is 9.53 Å². The van der Waals surface area contributed by atoms with E-state index < -0.39 is 0 Å². The molecule has 0 aliphatic carbocycles. The SMILES string of the molecule is CN(C)c1nc2sc(C(=O)N3C4CCNCC3CC4)cc2s1. The molecule has 2 atom stereocenters. The molecule has 0 spiro atoms. The molecule has 2 aromatic heterocycles. The van der Waals surface area contributed by atoms with Crippen molar-refractivity contribution in [2.24, 2.45) is 0 Å². The van der Waals surface area contributed by atoms with Gasteiger partial charge in [-0.3, -0.25) is 4.79 Å². The summed E-state index contributed by atoms with van der Waals surface area (Å²) in [5.74, 6) is 0.206. The summed E-state index contributed by atoms with van der Waals surface area (Å²) in [7, 11) is 3.99. The number of nitrogens with one attached hydrogen (secondary N) is 1. The van der Waals surface area contributed by atoms with Crippen molar-refractivity contribution in [2.45, 2.75) is 31.3 Å². The lowest BCUT2D eigenvalue weighted by Gasteiger charge is -2.27. The molecule has 1 amide bonds. The van der Waals surface area contributed by atoms with Gasteiger partial charge in [0.1, 0.15) is 4.83 Å². The van der Waals surface area contributed by atoms with Crippen LogP contribution in [-0.2, 0) is 0 Å². The van der Waals surface area contributed by atoms with E-state index in [0.717, 1.165) is 51.9 Å². The van der Waals surface area contributed by atoms with Crippen LogP contribution < -0.4 is 10.2 Å². The predicted octanol–water partition coefficient (Wildman–Crippen LogP) is 2.39. The lowest BCUT2D eigenvalue weighted by atomic mass is 10.1. The molecule has 7 heteroatoms. The van der Waals surface area contributed by atoms with Gasteiger partial charge in [0.2, 0.25) is 0 Å². The number of rotatable bonds is 2. The Morgan fingerprint density at radius 2 is 2.14 bits per heavy atom. The molecule has 4 rings (SSSR count). The van der Waals surface area contributed by atoms with Gasteiger partial charge in [0, 0.05) is 32.7 Å². The molecular formula is C15H20N4OS2. The highest BCUT2D eigenvalue weighted by Crippen LogP contribution is 2.36. The Morgan fingerprint density at radius 1 is 1.32 bits per heavy atom. The fraction of sp³-hybridized carbons (Fsp3) is 0.600. The lowest BCUT2D eigenvalue weighted by Crippen LogP contribution is -2.42. The van der Waals surface area contributed by atoms with E-state index in [1.165, 1.54) is 11.3 Å². The van der Waals surface area contributed by atoms with Crippen molar-refractivity contribution in [1.29, 1.82) is 0 Å². The number of carbonyl (C=O) groups is 1. The summed E-state index contributed by atoms with van der Waals surface area (Å²) in [4.78, 5) is 23.6. The van der Waals surface area contributed by atoms with Crippen LogP contribution in [0.15, 0.2) is 6.07 Å². The zero-order valence-corrected chi connectivity index (χ0v) is 14.5. The number of anilines is 1. The fourth-order valence-electron chi connectivity index (χ4n) is 3.46. The number of thiazole rings is 1. The molecule has 2 fully saturated rings. The van der Waals surface area contributed by atoms with Gasteiger partial charge >= 0.3 is 0 Å². The topological polar surface area (TPSA) is 48.5 Å².